The number of aromatic nitrogens is 4. The number of sulfone groups is 1. The fourth-order valence-electron chi connectivity index (χ4n) is 4.67. The summed E-state index contributed by atoms with van der Waals surface area (Å²) >= 11 is 1.31. The third-order valence-electron chi connectivity index (χ3n) is 6.55. The third-order valence-corrected chi connectivity index (χ3v) is 9.60. The Bertz CT molecular complexity index is 1780. The Labute approximate surface area is 245 Å². The molecule has 12 nitrogen and oxygen atoms in total. The predicted octanol–water partition coefficient (Wildman–Crippen LogP) is 1.72. The van der Waals surface area contributed by atoms with Gasteiger partial charge in [-0.25, -0.2) is 8.42 Å². The van der Waals surface area contributed by atoms with Crippen LogP contribution in [0.5, 0.6) is 0 Å². The van der Waals surface area contributed by atoms with Crippen LogP contribution in [0.15, 0.2) is 72.8 Å². The summed E-state index contributed by atoms with van der Waals surface area (Å²) in [6, 6.07) is 22.6. The lowest BCUT2D eigenvalue weighted by Gasteiger charge is -2.19. The number of carbonyl (C=O) groups excluding carboxylic acids is 4. The van der Waals surface area contributed by atoms with E-state index in [4.69, 9.17) is 0 Å². The van der Waals surface area contributed by atoms with E-state index in [0.717, 1.165) is 16.8 Å². The van der Waals surface area contributed by atoms with Gasteiger partial charge in [-0.05, 0) is 23.3 Å². The zero-order chi connectivity index (χ0) is 30.0. The first kappa shape index (κ1) is 29.0. The Kier molecular flexibility index (Phi) is 8.09. The van der Waals surface area contributed by atoms with Gasteiger partial charge in [-0.1, -0.05) is 60.7 Å². The summed E-state index contributed by atoms with van der Waals surface area (Å²) < 4.78 is 27.5. The molecule has 4 aromatic rings. The van der Waals surface area contributed by atoms with Gasteiger partial charge in [0.25, 0.3) is 5.91 Å². The average molecular weight is 607 g/mol. The van der Waals surface area contributed by atoms with Gasteiger partial charge in [0.05, 0.1) is 28.5 Å². The van der Waals surface area contributed by atoms with Crippen molar-refractivity contribution in [2.24, 2.45) is 14.1 Å². The highest BCUT2D eigenvalue weighted by atomic mass is 32.2. The van der Waals surface area contributed by atoms with Crippen molar-refractivity contribution in [2.75, 3.05) is 11.5 Å². The quantitative estimate of drug-likeness (QED) is 0.330. The number of benzene rings is 2. The number of nitrogens with one attached hydrogen (secondary N) is 2. The van der Waals surface area contributed by atoms with E-state index in [1.807, 2.05) is 79.1 Å². The van der Waals surface area contributed by atoms with Gasteiger partial charge in [-0.15, -0.1) is 11.8 Å². The highest BCUT2D eigenvalue weighted by molar-refractivity contribution is 8.01. The van der Waals surface area contributed by atoms with E-state index in [0.29, 0.717) is 11.4 Å². The summed E-state index contributed by atoms with van der Waals surface area (Å²) in [5.74, 6) is -2.61. The molecule has 0 radical (unpaired) electrons. The molecule has 6 rings (SSSR count). The van der Waals surface area contributed by atoms with Gasteiger partial charge in [0, 0.05) is 14.1 Å². The SMILES string of the molecule is Cn1nc(C2C(=O)NC(=O)CS2(=O)=O)cc1-c1ccccc1.Cn1nc(C2SCC(=O)NC2=O)cc1-c1ccccc1. The van der Waals surface area contributed by atoms with Crippen molar-refractivity contribution in [3.63, 3.8) is 0 Å². The van der Waals surface area contributed by atoms with Gasteiger partial charge in [0.1, 0.15) is 11.0 Å². The smallest absolute Gasteiger partial charge is 0.251 e. The van der Waals surface area contributed by atoms with Gasteiger partial charge < -0.3 is 0 Å². The number of imide groups is 2. The molecule has 4 amide bonds. The van der Waals surface area contributed by atoms with Crippen LogP contribution < -0.4 is 10.6 Å². The van der Waals surface area contributed by atoms with Crippen LogP contribution >= 0.6 is 11.8 Å². The van der Waals surface area contributed by atoms with E-state index in [9.17, 15) is 27.6 Å². The highest BCUT2D eigenvalue weighted by Crippen LogP contribution is 2.33. The molecule has 42 heavy (non-hydrogen) atoms. The first-order valence-electron chi connectivity index (χ1n) is 12.7. The maximum atomic E-state index is 12.1. The van der Waals surface area contributed by atoms with E-state index >= 15 is 0 Å². The van der Waals surface area contributed by atoms with Crippen LogP contribution in [0.25, 0.3) is 22.5 Å². The Hall–Kier alpha value is -4.56. The third kappa shape index (κ3) is 6.04. The van der Waals surface area contributed by atoms with Crippen molar-refractivity contribution in [3.05, 3.63) is 84.2 Å². The molecule has 0 bridgehead atoms. The molecule has 2 aromatic heterocycles. The molecular weight excluding hydrogens is 580 g/mol. The van der Waals surface area contributed by atoms with Gasteiger partial charge in [0.15, 0.2) is 15.1 Å². The number of hydrogen-bond acceptors (Lipinski definition) is 9. The van der Waals surface area contributed by atoms with Gasteiger partial charge in [-0.3, -0.25) is 39.2 Å². The second-order valence-electron chi connectivity index (χ2n) is 9.59. The van der Waals surface area contributed by atoms with Crippen LogP contribution in [-0.2, 0) is 43.1 Å². The highest BCUT2D eigenvalue weighted by Gasteiger charge is 2.43. The molecule has 2 aromatic carbocycles. The van der Waals surface area contributed by atoms with Crippen molar-refractivity contribution in [2.45, 2.75) is 10.5 Å². The molecule has 4 heterocycles. The minimum atomic E-state index is -3.90. The Morgan fingerprint density at radius 2 is 1.24 bits per heavy atom. The standard InChI is InChI=1S/C14H13N3O4S.C14H13N3O2S/c1-17-11(9-5-3-2-4-6-9)7-10(16-17)13-14(19)15-12(18)8-22(13,20)21;1-17-11(9-5-3-2-4-6-9)7-10(16-17)13-14(19)15-12(18)8-20-13/h2-7,13H,8H2,1H3,(H,15,18,19);2-7,13H,8H2,1H3,(H,15,18,19). The number of rotatable bonds is 4. The second kappa shape index (κ2) is 11.7. The van der Waals surface area contributed by atoms with E-state index in [1.54, 1.807) is 17.8 Å². The first-order chi connectivity index (χ1) is 20.0. The molecule has 0 spiro atoms. The van der Waals surface area contributed by atoms with Gasteiger partial charge in [-0.2, -0.15) is 10.2 Å². The normalized spacial score (nSPS) is 19.9. The van der Waals surface area contributed by atoms with Crippen LogP contribution in [0.4, 0.5) is 0 Å². The zero-order valence-corrected chi connectivity index (χ0v) is 24.2. The molecular formula is C28H26N6O6S2. The van der Waals surface area contributed by atoms with Crippen molar-refractivity contribution < 1.29 is 27.6 Å². The van der Waals surface area contributed by atoms with Gasteiger partial charge in [0.2, 0.25) is 17.7 Å². The van der Waals surface area contributed by atoms with Crippen LogP contribution in [0.3, 0.4) is 0 Å². The van der Waals surface area contributed by atoms with Crippen molar-refractivity contribution in [1.82, 2.24) is 30.2 Å². The minimum Gasteiger partial charge on any atom is -0.294 e. The van der Waals surface area contributed by atoms with Gasteiger partial charge >= 0.3 is 0 Å². The number of aryl methyl sites for hydroxylation is 2. The molecule has 0 aliphatic carbocycles. The summed E-state index contributed by atoms with van der Waals surface area (Å²) in [4.78, 5) is 46.2. The predicted molar refractivity (Wildman–Crippen MR) is 155 cm³/mol. The monoisotopic (exact) mass is 606 g/mol. The Morgan fingerprint density at radius 3 is 1.76 bits per heavy atom. The molecule has 0 saturated carbocycles. The van der Waals surface area contributed by atoms with E-state index in [2.05, 4.69) is 15.5 Å². The molecule has 2 unspecified atom stereocenters. The lowest BCUT2D eigenvalue weighted by molar-refractivity contribution is -0.131. The molecule has 2 N–H and O–H groups in total. The minimum absolute atomic E-state index is 0.117. The first-order valence-corrected chi connectivity index (χ1v) is 15.5. The summed E-state index contributed by atoms with van der Waals surface area (Å²) in [6.07, 6.45) is 0. The average Bonchev–Trinajstić information content (AvgIpc) is 3.51. The Morgan fingerprint density at radius 1 is 0.738 bits per heavy atom. The number of carbonyl (C=O) groups is 4. The topological polar surface area (TPSA) is 162 Å². The second-order valence-corrected chi connectivity index (χ2v) is 12.8. The Balaban J connectivity index is 0.000000169. The van der Waals surface area contributed by atoms with Crippen molar-refractivity contribution in [3.8, 4) is 22.5 Å². The van der Waals surface area contributed by atoms with Crippen LogP contribution in [0, 0.1) is 0 Å². The molecule has 2 saturated heterocycles. The molecule has 2 aliphatic heterocycles. The summed E-state index contributed by atoms with van der Waals surface area (Å²) in [5.41, 5.74) is 4.34. The van der Waals surface area contributed by atoms with E-state index < -0.39 is 37.9 Å². The summed E-state index contributed by atoms with van der Waals surface area (Å²) in [5, 5.41) is 11.1. The van der Waals surface area contributed by atoms with Crippen molar-refractivity contribution in [1.29, 1.82) is 0 Å². The molecule has 2 fully saturated rings. The number of hydrogen-bond donors (Lipinski definition) is 2. The largest absolute Gasteiger partial charge is 0.294 e. The van der Waals surface area contributed by atoms with Crippen LogP contribution in [0.1, 0.15) is 21.9 Å². The maximum absolute atomic E-state index is 12.1. The molecule has 2 aliphatic rings. The molecule has 14 heteroatoms. The van der Waals surface area contributed by atoms with Crippen LogP contribution in [-0.4, -0.2) is 63.1 Å². The maximum Gasteiger partial charge on any atom is 0.251 e. The van der Waals surface area contributed by atoms with E-state index in [1.165, 1.54) is 16.4 Å². The van der Waals surface area contributed by atoms with Crippen molar-refractivity contribution >= 4 is 45.2 Å². The fraction of sp³-hybridized carbons (Fsp3) is 0.214. The van der Waals surface area contributed by atoms with E-state index in [-0.39, 0.29) is 23.3 Å². The summed E-state index contributed by atoms with van der Waals surface area (Å²) in [6.45, 7) is 0. The fourth-order valence-corrected chi connectivity index (χ4v) is 7.03. The number of thioether (sulfide) groups is 1. The van der Waals surface area contributed by atoms with Crippen LogP contribution in [0.2, 0.25) is 0 Å². The summed E-state index contributed by atoms with van der Waals surface area (Å²) in [7, 11) is -0.377. The number of nitrogens with zero attached hydrogens (tertiary/aromatic N) is 4. The zero-order valence-electron chi connectivity index (χ0n) is 22.6. The molecule has 216 valence electrons. The lowest BCUT2D eigenvalue weighted by Crippen LogP contribution is -2.47. The molecule has 2 atom stereocenters. The number of amides is 4. The lowest BCUT2D eigenvalue weighted by atomic mass is 10.1.